The third-order valence-electron chi connectivity index (χ3n) is 5.24. The Hall–Kier alpha value is 0. The molecule has 0 radical (unpaired) electrons. The van der Waals surface area contributed by atoms with Gasteiger partial charge in [-0.15, -0.1) is 0 Å². The van der Waals surface area contributed by atoms with E-state index in [1.165, 1.54) is 6.42 Å². The highest BCUT2D eigenvalue weighted by Crippen LogP contribution is 2.62. The van der Waals surface area contributed by atoms with E-state index in [9.17, 15) is 0 Å². The highest BCUT2D eigenvalue weighted by Gasteiger charge is 2.52. The summed E-state index contributed by atoms with van der Waals surface area (Å²) in [5.41, 5.74) is 0.807. The van der Waals surface area contributed by atoms with Gasteiger partial charge in [0.1, 0.15) is 0 Å². The summed E-state index contributed by atoms with van der Waals surface area (Å²) >= 11 is 0. The van der Waals surface area contributed by atoms with Crippen molar-refractivity contribution in [2.45, 2.75) is 51.9 Å². The summed E-state index contributed by atoms with van der Waals surface area (Å²) in [6.07, 6.45) is 10.9. The molecule has 68 valence electrons. The Bertz CT molecular complexity index is 192. The van der Waals surface area contributed by atoms with Crippen LogP contribution < -0.4 is 0 Å². The molecule has 3 aliphatic rings. The molecule has 0 aromatic rings. The van der Waals surface area contributed by atoms with Crippen LogP contribution in [0.15, 0.2) is 0 Å². The SMILES string of the molecule is CC1(C2CCC2)CC2CCC1C2. The van der Waals surface area contributed by atoms with Gasteiger partial charge in [-0.3, -0.25) is 0 Å². The first-order valence-electron chi connectivity index (χ1n) is 5.79. The van der Waals surface area contributed by atoms with Crippen LogP contribution in [0.2, 0.25) is 0 Å². The van der Waals surface area contributed by atoms with Gasteiger partial charge >= 0.3 is 0 Å². The molecule has 0 heterocycles. The van der Waals surface area contributed by atoms with E-state index in [2.05, 4.69) is 6.92 Å². The number of fused-ring (bicyclic) bond motifs is 2. The third-order valence-corrected chi connectivity index (χ3v) is 5.24. The van der Waals surface area contributed by atoms with Crippen molar-refractivity contribution < 1.29 is 0 Å². The molecular weight excluding hydrogens is 144 g/mol. The average Bonchev–Trinajstić information content (AvgIpc) is 2.39. The Morgan fingerprint density at radius 1 is 1.00 bits per heavy atom. The molecule has 3 saturated carbocycles. The van der Waals surface area contributed by atoms with Crippen molar-refractivity contribution in [3.05, 3.63) is 0 Å². The average molecular weight is 164 g/mol. The zero-order valence-electron chi connectivity index (χ0n) is 8.18. The molecule has 3 aliphatic carbocycles. The quantitative estimate of drug-likeness (QED) is 0.555. The molecule has 3 rings (SSSR count). The lowest BCUT2D eigenvalue weighted by atomic mass is 9.59. The third kappa shape index (κ3) is 0.791. The predicted octanol–water partition coefficient (Wildman–Crippen LogP) is 3.61. The lowest BCUT2D eigenvalue weighted by Gasteiger charge is -2.46. The first-order valence-corrected chi connectivity index (χ1v) is 5.79. The zero-order chi connectivity index (χ0) is 8.18. The minimum Gasteiger partial charge on any atom is -0.0591 e. The molecule has 2 bridgehead atoms. The fraction of sp³-hybridized carbons (Fsp3) is 1.00. The molecule has 3 atom stereocenters. The second-order valence-corrected chi connectivity index (χ2v) is 5.71. The summed E-state index contributed by atoms with van der Waals surface area (Å²) in [5.74, 6) is 3.40. The highest BCUT2D eigenvalue weighted by atomic mass is 14.6. The van der Waals surface area contributed by atoms with E-state index in [1.807, 2.05) is 0 Å². The maximum absolute atomic E-state index is 2.60. The Balaban J connectivity index is 1.81. The summed E-state index contributed by atoms with van der Waals surface area (Å²) in [6, 6.07) is 0. The van der Waals surface area contributed by atoms with Crippen LogP contribution in [0.3, 0.4) is 0 Å². The molecule has 0 spiro atoms. The number of hydrogen-bond donors (Lipinski definition) is 0. The molecule has 3 fully saturated rings. The van der Waals surface area contributed by atoms with Gasteiger partial charge in [-0.05, 0) is 55.3 Å². The van der Waals surface area contributed by atoms with Crippen LogP contribution in [0.25, 0.3) is 0 Å². The summed E-state index contributed by atoms with van der Waals surface area (Å²) in [4.78, 5) is 0. The van der Waals surface area contributed by atoms with E-state index in [4.69, 9.17) is 0 Å². The van der Waals surface area contributed by atoms with E-state index < -0.39 is 0 Å². The molecule has 3 unspecified atom stereocenters. The minimum atomic E-state index is 0.807. The van der Waals surface area contributed by atoms with Crippen LogP contribution in [-0.2, 0) is 0 Å². The van der Waals surface area contributed by atoms with Crippen LogP contribution >= 0.6 is 0 Å². The molecule has 0 heteroatoms. The molecule has 12 heavy (non-hydrogen) atoms. The van der Waals surface area contributed by atoms with Crippen LogP contribution in [0.1, 0.15) is 51.9 Å². The lowest BCUT2D eigenvalue weighted by molar-refractivity contribution is 0.0419. The molecule has 0 aliphatic heterocycles. The molecule has 0 aromatic heterocycles. The fourth-order valence-electron chi connectivity index (χ4n) is 4.22. The van der Waals surface area contributed by atoms with Crippen LogP contribution in [0.4, 0.5) is 0 Å². The van der Waals surface area contributed by atoms with Crippen LogP contribution in [0.5, 0.6) is 0 Å². The summed E-state index contributed by atoms with van der Waals surface area (Å²) in [6.45, 7) is 2.60. The molecule has 0 aromatic carbocycles. The van der Waals surface area contributed by atoms with Crippen molar-refractivity contribution in [3.8, 4) is 0 Å². The van der Waals surface area contributed by atoms with Crippen molar-refractivity contribution in [2.75, 3.05) is 0 Å². The molecule has 0 nitrogen and oxygen atoms in total. The normalized spacial score (nSPS) is 52.8. The lowest BCUT2D eigenvalue weighted by Crippen LogP contribution is -2.36. The monoisotopic (exact) mass is 164 g/mol. The standard InChI is InChI=1S/C12H20/c1-12(10-3-2-4-10)8-9-5-6-11(12)7-9/h9-11H,2-8H2,1H3. The first-order chi connectivity index (χ1) is 5.79. The second kappa shape index (κ2) is 2.27. The van der Waals surface area contributed by atoms with Gasteiger partial charge in [0.2, 0.25) is 0 Å². The Labute approximate surface area is 75.7 Å². The van der Waals surface area contributed by atoms with Crippen molar-refractivity contribution in [1.29, 1.82) is 0 Å². The largest absolute Gasteiger partial charge is 0.0591 e. The predicted molar refractivity (Wildman–Crippen MR) is 50.9 cm³/mol. The second-order valence-electron chi connectivity index (χ2n) is 5.71. The fourth-order valence-corrected chi connectivity index (χ4v) is 4.22. The van der Waals surface area contributed by atoms with Crippen molar-refractivity contribution in [1.82, 2.24) is 0 Å². The van der Waals surface area contributed by atoms with Gasteiger partial charge in [-0.25, -0.2) is 0 Å². The van der Waals surface area contributed by atoms with Gasteiger partial charge in [-0.1, -0.05) is 19.8 Å². The van der Waals surface area contributed by atoms with E-state index >= 15 is 0 Å². The molecule has 0 saturated heterocycles. The molecular formula is C12H20. The van der Waals surface area contributed by atoms with Crippen LogP contribution in [-0.4, -0.2) is 0 Å². The first kappa shape index (κ1) is 7.41. The van der Waals surface area contributed by atoms with E-state index in [0.29, 0.717) is 0 Å². The van der Waals surface area contributed by atoms with Crippen molar-refractivity contribution >= 4 is 0 Å². The smallest absolute Gasteiger partial charge is 0.0266 e. The zero-order valence-corrected chi connectivity index (χ0v) is 8.18. The van der Waals surface area contributed by atoms with E-state index in [0.717, 1.165) is 23.2 Å². The van der Waals surface area contributed by atoms with E-state index in [-0.39, 0.29) is 0 Å². The van der Waals surface area contributed by atoms with Crippen LogP contribution in [0, 0.1) is 23.2 Å². The molecule has 0 amide bonds. The maximum atomic E-state index is 2.60. The maximum Gasteiger partial charge on any atom is -0.0266 e. The van der Waals surface area contributed by atoms with E-state index in [1.54, 1.807) is 38.5 Å². The Morgan fingerprint density at radius 3 is 2.25 bits per heavy atom. The molecule has 0 N–H and O–H groups in total. The van der Waals surface area contributed by atoms with Gasteiger partial charge in [0.05, 0.1) is 0 Å². The van der Waals surface area contributed by atoms with Gasteiger partial charge in [-0.2, -0.15) is 0 Å². The number of rotatable bonds is 1. The van der Waals surface area contributed by atoms with Gasteiger partial charge in [0.15, 0.2) is 0 Å². The number of hydrogen-bond acceptors (Lipinski definition) is 0. The van der Waals surface area contributed by atoms with Gasteiger partial charge in [0.25, 0.3) is 0 Å². The topological polar surface area (TPSA) is 0 Å². The summed E-state index contributed by atoms with van der Waals surface area (Å²) < 4.78 is 0. The van der Waals surface area contributed by atoms with Gasteiger partial charge < -0.3 is 0 Å². The van der Waals surface area contributed by atoms with Crippen molar-refractivity contribution in [2.24, 2.45) is 23.2 Å². The van der Waals surface area contributed by atoms with Crippen molar-refractivity contribution in [3.63, 3.8) is 0 Å². The summed E-state index contributed by atoms with van der Waals surface area (Å²) in [5, 5.41) is 0. The summed E-state index contributed by atoms with van der Waals surface area (Å²) in [7, 11) is 0. The Morgan fingerprint density at radius 2 is 1.83 bits per heavy atom. The minimum absolute atomic E-state index is 0.807. The Kier molecular flexibility index (Phi) is 1.40. The highest BCUT2D eigenvalue weighted by molar-refractivity contribution is 5.02. The van der Waals surface area contributed by atoms with Gasteiger partial charge in [0, 0.05) is 0 Å².